The van der Waals surface area contributed by atoms with E-state index in [9.17, 15) is 4.79 Å². The van der Waals surface area contributed by atoms with Gasteiger partial charge in [0.15, 0.2) is 5.60 Å². The van der Waals surface area contributed by atoms with Gasteiger partial charge in [-0.25, -0.2) is 4.79 Å². The molecule has 2 bridgehead atoms. The number of amides is 2. The van der Waals surface area contributed by atoms with Crippen LogP contribution in [0.15, 0.2) is 76.8 Å². The minimum atomic E-state index is -1.87. The lowest BCUT2D eigenvalue weighted by Crippen LogP contribution is -2.64. The van der Waals surface area contributed by atoms with Crippen LogP contribution in [0, 0.1) is 0 Å². The number of nitrogens with one attached hydrogen (secondary N) is 1. The van der Waals surface area contributed by atoms with Crippen molar-refractivity contribution in [2.45, 2.75) is 67.2 Å². The SMILES string of the molecule is COc1cc(CN(C(=O)C2=C(c3ccc(OCCOc4ccc(Br)cc4)cc3)CC3CNC[C@H]2N3C(=O)OC(C)(C)C(Cl)(Cl)Cl)C2CC2)cc(OC)c1.Cl. The van der Waals surface area contributed by atoms with Crippen LogP contribution < -0.4 is 24.3 Å². The van der Waals surface area contributed by atoms with E-state index in [0.29, 0.717) is 62.1 Å². The number of piperazine rings is 1. The van der Waals surface area contributed by atoms with Crippen molar-refractivity contribution in [3.05, 3.63) is 87.9 Å². The van der Waals surface area contributed by atoms with Crippen molar-refractivity contribution in [2.75, 3.05) is 40.5 Å². The van der Waals surface area contributed by atoms with Crippen LogP contribution in [0.5, 0.6) is 23.0 Å². The van der Waals surface area contributed by atoms with Crippen molar-refractivity contribution < 1.29 is 33.3 Å². The largest absolute Gasteiger partial charge is 0.497 e. The second kappa shape index (κ2) is 17.8. The minimum absolute atomic E-state index is 0. The number of fused-ring (bicyclic) bond motifs is 2. The van der Waals surface area contributed by atoms with Crippen LogP contribution >= 0.6 is 63.1 Å². The normalized spacial score (nSPS) is 18.3. The molecule has 10 nitrogen and oxygen atoms in total. The highest BCUT2D eigenvalue weighted by Crippen LogP contribution is 2.44. The molecular weight excluding hydrogens is 844 g/mol. The lowest BCUT2D eigenvalue weighted by atomic mass is 9.82. The Morgan fingerprint density at radius 2 is 1.44 bits per heavy atom. The average Bonchev–Trinajstić information content (AvgIpc) is 3.97. The van der Waals surface area contributed by atoms with Gasteiger partial charge in [-0.15, -0.1) is 12.4 Å². The molecule has 292 valence electrons. The molecule has 1 aliphatic carbocycles. The maximum Gasteiger partial charge on any atom is 0.411 e. The number of halogens is 5. The summed E-state index contributed by atoms with van der Waals surface area (Å²) in [6.07, 6.45) is 1.51. The van der Waals surface area contributed by atoms with Gasteiger partial charge in [0, 0.05) is 41.8 Å². The molecule has 0 spiro atoms. The van der Waals surface area contributed by atoms with Gasteiger partial charge in [-0.1, -0.05) is 62.9 Å². The monoisotopic (exact) mass is 885 g/mol. The smallest absolute Gasteiger partial charge is 0.411 e. The Morgan fingerprint density at radius 1 is 0.870 bits per heavy atom. The van der Waals surface area contributed by atoms with Crippen molar-refractivity contribution in [1.82, 2.24) is 15.1 Å². The van der Waals surface area contributed by atoms with E-state index in [2.05, 4.69) is 21.2 Å². The second-order valence-electron chi connectivity index (χ2n) is 13.8. The molecule has 3 aliphatic rings. The van der Waals surface area contributed by atoms with Gasteiger partial charge in [0.2, 0.25) is 3.79 Å². The Bertz CT molecular complexity index is 1800. The number of carbonyl (C=O) groups excluding carboxylic acids is 2. The second-order valence-corrected chi connectivity index (χ2v) is 17.0. The standard InChI is InChI=1S/C39H43BrCl3N3O7.ClH/c1-38(2,39(41,42)43)53-37(48)46-28-19-33(25-5-11-29(12-6-25)51-15-16-52-30-13-7-26(40)8-14-30)35(34(46)22-44-21-28)36(47)45(27-9-10-27)23-24-17-31(49-3)20-32(18-24)50-4;/h5-8,11-14,17-18,20,27-28,34,44H,9-10,15-16,19,21-23H2,1-4H3;1H/t28?,34-;/m1./s1. The molecule has 54 heavy (non-hydrogen) atoms. The highest BCUT2D eigenvalue weighted by atomic mass is 79.9. The van der Waals surface area contributed by atoms with Gasteiger partial charge in [-0.2, -0.15) is 0 Å². The first-order chi connectivity index (χ1) is 25.3. The van der Waals surface area contributed by atoms with E-state index in [1.807, 2.05) is 65.6 Å². The topological polar surface area (TPSA) is 98.8 Å². The zero-order chi connectivity index (χ0) is 37.9. The fourth-order valence-corrected chi connectivity index (χ4v) is 6.99. The fourth-order valence-electron chi connectivity index (χ4n) is 6.61. The molecule has 0 aromatic heterocycles. The summed E-state index contributed by atoms with van der Waals surface area (Å²) in [5.74, 6) is 2.54. The molecule has 2 aliphatic heterocycles. The van der Waals surface area contributed by atoms with Crippen LogP contribution in [0.2, 0.25) is 0 Å². The van der Waals surface area contributed by atoms with Crippen molar-refractivity contribution in [2.24, 2.45) is 0 Å². The van der Waals surface area contributed by atoms with Gasteiger partial charge >= 0.3 is 6.09 Å². The molecule has 2 heterocycles. The predicted octanol–water partition coefficient (Wildman–Crippen LogP) is 8.62. The number of hydrogen-bond acceptors (Lipinski definition) is 8. The van der Waals surface area contributed by atoms with Crippen LogP contribution in [0.4, 0.5) is 4.79 Å². The van der Waals surface area contributed by atoms with Crippen molar-refractivity contribution in [1.29, 1.82) is 0 Å². The van der Waals surface area contributed by atoms with E-state index in [4.69, 9.17) is 58.5 Å². The number of hydrogen-bond donors (Lipinski definition) is 1. The molecule has 2 amide bonds. The molecule has 0 radical (unpaired) electrons. The first kappa shape index (κ1) is 42.1. The third kappa shape index (κ3) is 9.84. The Hall–Kier alpha value is -3.06. The van der Waals surface area contributed by atoms with Gasteiger partial charge in [-0.3, -0.25) is 9.69 Å². The molecule has 2 atom stereocenters. The van der Waals surface area contributed by atoms with Crippen LogP contribution in [0.25, 0.3) is 5.57 Å². The van der Waals surface area contributed by atoms with Crippen LogP contribution in [0.1, 0.15) is 44.2 Å². The summed E-state index contributed by atoms with van der Waals surface area (Å²) in [4.78, 5) is 32.6. The molecular formula is C39H44BrCl4N3O7. The van der Waals surface area contributed by atoms with Crippen LogP contribution in [-0.2, 0) is 16.1 Å². The fraction of sp³-hybridized carbons (Fsp3) is 0.436. The predicted molar refractivity (Wildman–Crippen MR) is 217 cm³/mol. The highest BCUT2D eigenvalue weighted by Gasteiger charge is 2.50. The third-order valence-electron chi connectivity index (χ3n) is 9.66. The Balaban J connectivity index is 0.00000561. The summed E-state index contributed by atoms with van der Waals surface area (Å²) in [6.45, 7) is 5.01. The van der Waals surface area contributed by atoms with E-state index >= 15 is 4.79 Å². The third-order valence-corrected chi connectivity index (χ3v) is 11.6. The van der Waals surface area contributed by atoms with E-state index in [-0.39, 0.29) is 30.4 Å². The summed E-state index contributed by atoms with van der Waals surface area (Å²) >= 11 is 22.1. The van der Waals surface area contributed by atoms with Gasteiger partial charge in [0.25, 0.3) is 5.91 Å². The summed E-state index contributed by atoms with van der Waals surface area (Å²) in [5.41, 5.74) is 1.70. The van der Waals surface area contributed by atoms with E-state index < -0.39 is 21.5 Å². The molecule has 2 fully saturated rings. The molecule has 6 rings (SSSR count). The van der Waals surface area contributed by atoms with Crippen molar-refractivity contribution in [3.8, 4) is 23.0 Å². The lowest BCUT2D eigenvalue weighted by Gasteiger charge is -2.48. The Morgan fingerprint density at radius 3 is 1.98 bits per heavy atom. The van der Waals surface area contributed by atoms with Crippen LogP contribution in [-0.4, -0.2) is 89.8 Å². The number of benzene rings is 3. The van der Waals surface area contributed by atoms with Crippen molar-refractivity contribution >= 4 is 80.7 Å². The molecule has 1 saturated carbocycles. The zero-order valence-corrected chi connectivity index (χ0v) is 35.1. The summed E-state index contributed by atoms with van der Waals surface area (Å²) < 4.78 is 27.8. The Labute approximate surface area is 345 Å². The van der Waals surface area contributed by atoms with Gasteiger partial charge in [0.1, 0.15) is 36.2 Å². The van der Waals surface area contributed by atoms with Gasteiger partial charge in [-0.05, 0) is 98.3 Å². The number of methoxy groups -OCH3 is 2. The Kier molecular flexibility index (Phi) is 13.9. The van der Waals surface area contributed by atoms with E-state index in [1.54, 1.807) is 39.0 Å². The van der Waals surface area contributed by atoms with E-state index in [0.717, 1.165) is 39.8 Å². The molecule has 1 N–H and O–H groups in total. The number of rotatable bonds is 13. The maximum absolute atomic E-state index is 15.1. The molecule has 1 saturated heterocycles. The maximum atomic E-state index is 15.1. The van der Waals surface area contributed by atoms with Gasteiger partial charge in [0.05, 0.1) is 26.3 Å². The first-order valence-corrected chi connectivity index (χ1v) is 19.4. The number of ether oxygens (including phenoxy) is 5. The van der Waals surface area contributed by atoms with Crippen LogP contribution in [0.3, 0.4) is 0 Å². The summed E-state index contributed by atoms with van der Waals surface area (Å²) in [5, 5.41) is 3.44. The number of alkyl halides is 3. The molecule has 3 aromatic rings. The average molecular weight is 889 g/mol. The number of nitrogens with zero attached hydrogens (tertiary/aromatic N) is 2. The van der Waals surface area contributed by atoms with Gasteiger partial charge < -0.3 is 33.9 Å². The zero-order valence-electron chi connectivity index (χ0n) is 30.4. The first-order valence-electron chi connectivity index (χ1n) is 17.4. The lowest BCUT2D eigenvalue weighted by molar-refractivity contribution is -0.129. The summed E-state index contributed by atoms with van der Waals surface area (Å²) in [7, 11) is 3.19. The molecule has 15 heteroatoms. The summed E-state index contributed by atoms with van der Waals surface area (Å²) in [6, 6.07) is 20.0. The molecule has 1 unspecified atom stereocenters. The minimum Gasteiger partial charge on any atom is -0.497 e. The van der Waals surface area contributed by atoms with Crippen molar-refractivity contribution in [3.63, 3.8) is 0 Å². The number of carbonyl (C=O) groups is 2. The molecule has 3 aromatic carbocycles. The van der Waals surface area contributed by atoms with E-state index in [1.165, 1.54) is 0 Å². The quantitative estimate of drug-likeness (QED) is 0.135. The highest BCUT2D eigenvalue weighted by molar-refractivity contribution is 9.10.